The third kappa shape index (κ3) is 42.9. The largest absolute Gasteiger partial charge is 0.463 e. The molecule has 47 heavy (non-hydrogen) atoms. The summed E-state index contributed by atoms with van der Waals surface area (Å²) < 4.78 is 48.6. The molecule has 0 aliphatic carbocycles. The first-order valence-corrected chi connectivity index (χ1v) is 18.7. The Kier molecular flexibility index (Phi) is 41.9. The van der Waals surface area contributed by atoms with Gasteiger partial charge in [-0.3, -0.25) is 4.79 Å². The average molecular weight is 677 g/mol. The number of rotatable bonds is 42. The third-order valence-electron chi connectivity index (χ3n) is 7.31. The maximum Gasteiger partial charge on any atom is 0.305 e. The minimum Gasteiger partial charge on any atom is -0.463 e. The van der Waals surface area contributed by atoms with Crippen molar-refractivity contribution >= 4 is 5.97 Å². The normalized spacial score (nSPS) is 11.3. The molecule has 0 aromatic heterocycles. The van der Waals surface area contributed by atoms with Crippen LogP contribution in [0.1, 0.15) is 110 Å². The van der Waals surface area contributed by atoms with Crippen molar-refractivity contribution in [2.45, 2.75) is 110 Å². The quantitative estimate of drug-likeness (QED) is 0.0378. The summed E-state index contributed by atoms with van der Waals surface area (Å²) in [5, 5.41) is 0. The van der Waals surface area contributed by atoms with Crippen LogP contribution >= 0.6 is 0 Å². The highest BCUT2D eigenvalue weighted by molar-refractivity contribution is 5.69. The Morgan fingerprint density at radius 2 is 0.681 bits per heavy atom. The monoisotopic (exact) mass is 677 g/mol. The minimum absolute atomic E-state index is 0.127. The van der Waals surface area contributed by atoms with Gasteiger partial charge in [0.2, 0.25) is 0 Å². The van der Waals surface area contributed by atoms with E-state index in [1.165, 1.54) is 83.5 Å². The SMILES string of the molecule is C=CCOCCOCCOCCOCCOCCOCCOCCOCCOC(=O)CCCCCCCCCCCCCCCCC. The average Bonchev–Trinajstić information content (AvgIpc) is 3.08. The predicted molar refractivity (Wildman–Crippen MR) is 187 cm³/mol. The lowest BCUT2D eigenvalue weighted by Crippen LogP contribution is -2.15. The van der Waals surface area contributed by atoms with Crippen LogP contribution in [-0.2, 0) is 47.4 Å². The van der Waals surface area contributed by atoms with E-state index in [-0.39, 0.29) is 5.97 Å². The molecule has 0 amide bonds. The number of ether oxygens (including phenoxy) is 9. The molecule has 280 valence electrons. The van der Waals surface area contributed by atoms with Crippen molar-refractivity contribution in [3.63, 3.8) is 0 Å². The van der Waals surface area contributed by atoms with E-state index in [0.717, 1.165) is 12.8 Å². The fourth-order valence-electron chi connectivity index (χ4n) is 4.63. The number of unbranched alkanes of at least 4 members (excludes halogenated alkanes) is 14. The van der Waals surface area contributed by atoms with Gasteiger partial charge < -0.3 is 42.6 Å². The molecule has 0 N–H and O–H groups in total. The van der Waals surface area contributed by atoms with Crippen LogP contribution in [0.3, 0.4) is 0 Å². The molecular formula is C37H72O10. The van der Waals surface area contributed by atoms with Crippen LogP contribution in [-0.4, -0.2) is 118 Å². The van der Waals surface area contributed by atoms with Crippen molar-refractivity contribution < 1.29 is 47.4 Å². The number of hydrogen-bond donors (Lipinski definition) is 0. The van der Waals surface area contributed by atoms with Crippen LogP contribution in [0, 0.1) is 0 Å². The lowest BCUT2D eigenvalue weighted by Gasteiger charge is -2.09. The Hall–Kier alpha value is -1.11. The number of carbonyl (C=O) groups excluding carboxylic acids is 1. The Morgan fingerprint density at radius 1 is 0.404 bits per heavy atom. The maximum atomic E-state index is 11.9. The second kappa shape index (κ2) is 42.9. The van der Waals surface area contributed by atoms with E-state index in [9.17, 15) is 4.79 Å². The Morgan fingerprint density at radius 3 is 1.00 bits per heavy atom. The summed E-state index contributed by atoms with van der Waals surface area (Å²) in [6, 6.07) is 0. The van der Waals surface area contributed by atoms with E-state index in [2.05, 4.69) is 13.5 Å². The zero-order valence-electron chi connectivity index (χ0n) is 30.2. The molecule has 0 fully saturated rings. The summed E-state index contributed by atoms with van der Waals surface area (Å²) >= 11 is 0. The van der Waals surface area contributed by atoms with Crippen molar-refractivity contribution in [1.82, 2.24) is 0 Å². The molecule has 0 spiro atoms. The van der Waals surface area contributed by atoms with Crippen LogP contribution in [0.25, 0.3) is 0 Å². The van der Waals surface area contributed by atoms with E-state index in [0.29, 0.717) is 119 Å². The highest BCUT2D eigenvalue weighted by Gasteiger charge is 2.03. The standard InChI is InChI=1S/C37H72O10/c1-3-5-6-7-8-9-10-11-12-13-14-15-16-17-18-19-37(38)47-36-35-46-34-33-45-32-31-44-30-29-43-28-27-42-26-25-41-24-23-40-22-21-39-20-4-2/h4H,2-3,5-36H2,1H3. The van der Waals surface area contributed by atoms with Gasteiger partial charge in [-0.25, -0.2) is 0 Å². The van der Waals surface area contributed by atoms with E-state index < -0.39 is 0 Å². The first kappa shape index (κ1) is 45.9. The number of carbonyl (C=O) groups is 1. The molecule has 0 saturated carbocycles. The summed E-state index contributed by atoms with van der Waals surface area (Å²) in [5.41, 5.74) is 0. The van der Waals surface area contributed by atoms with E-state index in [1.54, 1.807) is 6.08 Å². The van der Waals surface area contributed by atoms with E-state index >= 15 is 0 Å². The summed E-state index contributed by atoms with van der Waals surface area (Å²) in [6.45, 7) is 14.3. The second-order valence-electron chi connectivity index (χ2n) is 11.6. The second-order valence-corrected chi connectivity index (χ2v) is 11.6. The molecule has 0 atom stereocenters. The Bertz CT molecular complexity index is 608. The smallest absolute Gasteiger partial charge is 0.305 e. The first-order chi connectivity index (χ1) is 23.3. The van der Waals surface area contributed by atoms with Crippen LogP contribution in [0.5, 0.6) is 0 Å². The number of hydrogen-bond acceptors (Lipinski definition) is 10. The molecule has 10 nitrogen and oxygen atoms in total. The van der Waals surface area contributed by atoms with Gasteiger partial charge in [-0.05, 0) is 6.42 Å². The molecule has 0 aromatic rings. The highest BCUT2D eigenvalue weighted by Crippen LogP contribution is 2.13. The highest BCUT2D eigenvalue weighted by atomic mass is 16.6. The van der Waals surface area contributed by atoms with Gasteiger partial charge in [0.25, 0.3) is 0 Å². The molecule has 0 saturated heterocycles. The zero-order chi connectivity index (χ0) is 34.0. The van der Waals surface area contributed by atoms with E-state index in [1.807, 2.05) is 0 Å². The molecule has 0 aliphatic heterocycles. The van der Waals surface area contributed by atoms with Gasteiger partial charge in [-0.2, -0.15) is 0 Å². The summed E-state index contributed by atoms with van der Waals surface area (Å²) in [6.07, 6.45) is 22.0. The number of esters is 1. The van der Waals surface area contributed by atoms with Crippen molar-refractivity contribution in [3.8, 4) is 0 Å². The van der Waals surface area contributed by atoms with Gasteiger partial charge in [0.05, 0.1) is 106 Å². The van der Waals surface area contributed by atoms with Crippen LogP contribution < -0.4 is 0 Å². The van der Waals surface area contributed by atoms with Gasteiger partial charge in [-0.1, -0.05) is 103 Å². The molecule has 0 aromatic carbocycles. The predicted octanol–water partition coefficient (Wildman–Crippen LogP) is 7.11. The third-order valence-corrected chi connectivity index (χ3v) is 7.31. The molecular weight excluding hydrogens is 604 g/mol. The van der Waals surface area contributed by atoms with E-state index in [4.69, 9.17) is 42.6 Å². The van der Waals surface area contributed by atoms with Gasteiger partial charge in [0.15, 0.2) is 0 Å². The fourth-order valence-corrected chi connectivity index (χ4v) is 4.63. The molecule has 0 unspecified atom stereocenters. The summed E-state index contributed by atoms with van der Waals surface area (Å²) in [7, 11) is 0. The molecule has 0 aliphatic rings. The Labute approximate surface area is 287 Å². The van der Waals surface area contributed by atoms with Crippen LogP contribution in [0.2, 0.25) is 0 Å². The molecule has 0 rings (SSSR count). The topological polar surface area (TPSA) is 100 Å². The van der Waals surface area contributed by atoms with Crippen molar-refractivity contribution in [3.05, 3.63) is 12.7 Å². The van der Waals surface area contributed by atoms with Crippen molar-refractivity contribution in [2.75, 3.05) is 112 Å². The summed E-state index contributed by atoms with van der Waals surface area (Å²) in [4.78, 5) is 11.9. The molecule has 10 heteroatoms. The maximum absolute atomic E-state index is 11.9. The molecule has 0 bridgehead atoms. The lowest BCUT2D eigenvalue weighted by atomic mass is 10.0. The molecule has 0 radical (unpaired) electrons. The summed E-state index contributed by atoms with van der Waals surface area (Å²) in [5.74, 6) is -0.127. The molecule has 0 heterocycles. The lowest BCUT2D eigenvalue weighted by molar-refractivity contribution is -0.145. The van der Waals surface area contributed by atoms with Crippen molar-refractivity contribution in [2.24, 2.45) is 0 Å². The Balaban J connectivity index is 3.13. The van der Waals surface area contributed by atoms with Crippen LogP contribution in [0.4, 0.5) is 0 Å². The van der Waals surface area contributed by atoms with Gasteiger partial charge >= 0.3 is 5.97 Å². The zero-order valence-corrected chi connectivity index (χ0v) is 30.2. The van der Waals surface area contributed by atoms with Crippen LogP contribution in [0.15, 0.2) is 12.7 Å². The first-order valence-electron chi connectivity index (χ1n) is 18.7. The van der Waals surface area contributed by atoms with Crippen molar-refractivity contribution in [1.29, 1.82) is 0 Å². The minimum atomic E-state index is -0.127. The van der Waals surface area contributed by atoms with Gasteiger partial charge in [0, 0.05) is 6.42 Å². The fraction of sp³-hybridized carbons (Fsp3) is 0.919. The van der Waals surface area contributed by atoms with Gasteiger partial charge in [0.1, 0.15) is 6.61 Å². The van der Waals surface area contributed by atoms with Gasteiger partial charge in [-0.15, -0.1) is 6.58 Å².